The lowest BCUT2D eigenvalue weighted by Crippen LogP contribution is -2.60. The first-order chi connectivity index (χ1) is 13.2. The first kappa shape index (κ1) is 20.0. The smallest absolute Gasteiger partial charge is 0.191 e. The molecule has 0 radical (unpaired) electrons. The van der Waals surface area contributed by atoms with Crippen LogP contribution in [0.4, 0.5) is 0 Å². The SMILES string of the molecule is CCNC(=NCc1cccc(O)c1)NCC1(N2CCOCC2)CCCCC1. The van der Waals surface area contributed by atoms with Crippen LogP contribution in [0.2, 0.25) is 0 Å². The van der Waals surface area contributed by atoms with Gasteiger partial charge in [-0.15, -0.1) is 0 Å². The number of phenolic OH excluding ortho intramolecular Hbond substituents is 1. The first-order valence-electron chi connectivity index (χ1n) is 10.3. The average Bonchev–Trinajstić information content (AvgIpc) is 2.71. The largest absolute Gasteiger partial charge is 0.508 e. The van der Waals surface area contributed by atoms with Crippen molar-refractivity contribution in [2.24, 2.45) is 4.99 Å². The van der Waals surface area contributed by atoms with Crippen LogP contribution in [0.15, 0.2) is 29.3 Å². The van der Waals surface area contributed by atoms with Gasteiger partial charge in [0.15, 0.2) is 5.96 Å². The standard InChI is InChI=1S/C21H34N4O2/c1-2-22-20(23-16-18-7-6-8-19(26)15-18)24-17-21(9-4-3-5-10-21)25-11-13-27-14-12-25/h6-8,15,26H,2-5,9-14,16-17H2,1H3,(H2,22,23,24). The number of hydrogen-bond acceptors (Lipinski definition) is 4. The summed E-state index contributed by atoms with van der Waals surface area (Å²) in [5, 5.41) is 16.6. The summed E-state index contributed by atoms with van der Waals surface area (Å²) in [4.78, 5) is 7.37. The lowest BCUT2D eigenvalue weighted by molar-refractivity contribution is -0.0352. The predicted molar refractivity (Wildman–Crippen MR) is 109 cm³/mol. The molecule has 6 heteroatoms. The maximum atomic E-state index is 9.64. The average molecular weight is 375 g/mol. The summed E-state index contributed by atoms with van der Waals surface area (Å²) < 4.78 is 5.58. The summed E-state index contributed by atoms with van der Waals surface area (Å²) in [6, 6.07) is 7.30. The van der Waals surface area contributed by atoms with Crippen LogP contribution in [-0.4, -0.2) is 60.9 Å². The number of nitrogens with zero attached hydrogens (tertiary/aromatic N) is 2. The fourth-order valence-corrected chi connectivity index (χ4v) is 4.27. The van der Waals surface area contributed by atoms with Gasteiger partial charge >= 0.3 is 0 Å². The second-order valence-corrected chi connectivity index (χ2v) is 7.60. The molecular weight excluding hydrogens is 340 g/mol. The van der Waals surface area contributed by atoms with Crippen molar-refractivity contribution < 1.29 is 9.84 Å². The Bertz CT molecular complexity index is 608. The fraction of sp³-hybridized carbons (Fsp3) is 0.667. The Balaban J connectivity index is 1.65. The van der Waals surface area contributed by atoms with Gasteiger partial charge in [-0.25, -0.2) is 4.99 Å². The summed E-state index contributed by atoms with van der Waals surface area (Å²) in [6.07, 6.45) is 6.43. The third-order valence-electron chi connectivity index (χ3n) is 5.73. The van der Waals surface area contributed by atoms with E-state index in [2.05, 4.69) is 22.5 Å². The van der Waals surface area contributed by atoms with Gasteiger partial charge in [0.25, 0.3) is 0 Å². The topological polar surface area (TPSA) is 69.1 Å². The molecule has 150 valence electrons. The fourth-order valence-electron chi connectivity index (χ4n) is 4.27. The molecule has 1 aliphatic heterocycles. The number of benzene rings is 1. The molecule has 1 aromatic rings. The molecule has 1 aromatic carbocycles. The molecule has 27 heavy (non-hydrogen) atoms. The van der Waals surface area contributed by atoms with Crippen LogP contribution in [-0.2, 0) is 11.3 Å². The highest BCUT2D eigenvalue weighted by Crippen LogP contribution is 2.33. The third kappa shape index (κ3) is 5.59. The Morgan fingerprint density at radius 1 is 1.19 bits per heavy atom. The second kappa shape index (κ2) is 9.95. The summed E-state index contributed by atoms with van der Waals surface area (Å²) in [5.41, 5.74) is 1.22. The number of phenols is 1. The molecule has 2 fully saturated rings. The number of nitrogens with one attached hydrogen (secondary N) is 2. The van der Waals surface area contributed by atoms with E-state index in [1.807, 2.05) is 12.1 Å². The molecule has 0 atom stereocenters. The van der Waals surface area contributed by atoms with E-state index in [4.69, 9.17) is 9.73 Å². The van der Waals surface area contributed by atoms with E-state index >= 15 is 0 Å². The van der Waals surface area contributed by atoms with Crippen LogP contribution in [0.3, 0.4) is 0 Å². The monoisotopic (exact) mass is 374 g/mol. The molecule has 0 amide bonds. The minimum Gasteiger partial charge on any atom is -0.508 e. The van der Waals surface area contributed by atoms with E-state index in [0.29, 0.717) is 6.54 Å². The zero-order valence-electron chi connectivity index (χ0n) is 16.5. The maximum Gasteiger partial charge on any atom is 0.191 e. The highest BCUT2D eigenvalue weighted by Gasteiger charge is 2.38. The molecule has 1 saturated carbocycles. The van der Waals surface area contributed by atoms with E-state index in [1.54, 1.807) is 12.1 Å². The number of ether oxygens (including phenoxy) is 1. The van der Waals surface area contributed by atoms with Crippen LogP contribution < -0.4 is 10.6 Å². The highest BCUT2D eigenvalue weighted by atomic mass is 16.5. The molecule has 2 aliphatic rings. The maximum absolute atomic E-state index is 9.64. The molecule has 1 heterocycles. The number of aliphatic imine (C=N–C) groups is 1. The number of aromatic hydroxyl groups is 1. The Kier molecular flexibility index (Phi) is 7.35. The van der Waals surface area contributed by atoms with E-state index in [-0.39, 0.29) is 11.3 Å². The van der Waals surface area contributed by atoms with Gasteiger partial charge in [0, 0.05) is 31.7 Å². The summed E-state index contributed by atoms with van der Waals surface area (Å²) >= 11 is 0. The van der Waals surface area contributed by atoms with Gasteiger partial charge in [-0.05, 0) is 37.5 Å². The van der Waals surface area contributed by atoms with Gasteiger partial charge in [-0.3, -0.25) is 4.90 Å². The van der Waals surface area contributed by atoms with E-state index < -0.39 is 0 Å². The van der Waals surface area contributed by atoms with Gasteiger partial charge in [-0.1, -0.05) is 31.4 Å². The molecule has 0 aromatic heterocycles. The van der Waals surface area contributed by atoms with E-state index in [0.717, 1.165) is 50.9 Å². The molecule has 0 unspecified atom stereocenters. The first-order valence-corrected chi connectivity index (χ1v) is 10.3. The van der Waals surface area contributed by atoms with Crippen molar-refractivity contribution in [3.8, 4) is 5.75 Å². The number of guanidine groups is 1. The van der Waals surface area contributed by atoms with Crippen LogP contribution in [0.1, 0.15) is 44.6 Å². The van der Waals surface area contributed by atoms with Gasteiger partial charge in [0.1, 0.15) is 5.75 Å². The lowest BCUT2D eigenvalue weighted by Gasteiger charge is -2.48. The van der Waals surface area contributed by atoms with Gasteiger partial charge in [-0.2, -0.15) is 0 Å². The Morgan fingerprint density at radius 3 is 2.67 bits per heavy atom. The van der Waals surface area contributed by atoms with Gasteiger partial charge in [0.05, 0.1) is 19.8 Å². The number of hydrogen-bond donors (Lipinski definition) is 3. The summed E-state index contributed by atoms with van der Waals surface area (Å²) in [6.45, 7) is 8.12. The normalized spacial score (nSPS) is 21.0. The summed E-state index contributed by atoms with van der Waals surface area (Å²) in [5.74, 6) is 1.13. The quantitative estimate of drug-likeness (QED) is 0.527. The molecule has 3 rings (SSSR count). The molecule has 1 saturated heterocycles. The Labute approximate surface area is 163 Å². The molecule has 1 aliphatic carbocycles. The van der Waals surface area contributed by atoms with Crippen molar-refractivity contribution >= 4 is 5.96 Å². The van der Waals surface area contributed by atoms with Gasteiger partial charge < -0.3 is 20.5 Å². The van der Waals surface area contributed by atoms with Crippen LogP contribution >= 0.6 is 0 Å². The number of morpholine rings is 1. The molecule has 3 N–H and O–H groups in total. The van der Waals surface area contributed by atoms with Crippen LogP contribution in [0, 0.1) is 0 Å². The molecule has 6 nitrogen and oxygen atoms in total. The molecular formula is C21H34N4O2. The zero-order chi connectivity index (χ0) is 19.0. The molecule has 0 bridgehead atoms. The van der Waals surface area contributed by atoms with Crippen molar-refractivity contribution in [2.75, 3.05) is 39.4 Å². The van der Waals surface area contributed by atoms with Crippen molar-refractivity contribution in [1.82, 2.24) is 15.5 Å². The highest BCUT2D eigenvalue weighted by molar-refractivity contribution is 5.79. The number of rotatable bonds is 6. The molecule has 0 spiro atoms. The lowest BCUT2D eigenvalue weighted by atomic mass is 9.80. The minimum absolute atomic E-state index is 0.212. The van der Waals surface area contributed by atoms with Crippen LogP contribution in [0.5, 0.6) is 5.75 Å². The minimum atomic E-state index is 0.212. The van der Waals surface area contributed by atoms with Crippen molar-refractivity contribution in [3.05, 3.63) is 29.8 Å². The zero-order valence-corrected chi connectivity index (χ0v) is 16.5. The van der Waals surface area contributed by atoms with Crippen molar-refractivity contribution in [3.63, 3.8) is 0 Å². The van der Waals surface area contributed by atoms with Gasteiger partial charge in [0.2, 0.25) is 0 Å². The Hall–Kier alpha value is -1.79. The van der Waals surface area contributed by atoms with Crippen molar-refractivity contribution in [1.29, 1.82) is 0 Å². The van der Waals surface area contributed by atoms with Crippen molar-refractivity contribution in [2.45, 2.75) is 51.1 Å². The Morgan fingerprint density at radius 2 is 1.96 bits per heavy atom. The summed E-state index contributed by atoms with van der Waals surface area (Å²) in [7, 11) is 0. The van der Waals surface area contributed by atoms with Crippen LogP contribution in [0.25, 0.3) is 0 Å². The van der Waals surface area contributed by atoms with E-state index in [9.17, 15) is 5.11 Å². The van der Waals surface area contributed by atoms with E-state index in [1.165, 1.54) is 32.1 Å². The predicted octanol–water partition coefficient (Wildman–Crippen LogP) is 2.48. The second-order valence-electron chi connectivity index (χ2n) is 7.60. The third-order valence-corrected chi connectivity index (χ3v) is 5.73.